The first-order valence-corrected chi connectivity index (χ1v) is 11.7. The molecule has 1 aromatic carbocycles. The molecular weight excluding hydrogens is 396 g/mol. The minimum Gasteiger partial charge on any atom is -0.493 e. The standard InChI is InChI=1S/C24H32N2O5/c27-22-15-29-16-24(25-22)11-3-12-26-21(24)14-31-18-8-6-17(7-9-18)19-4-1-2-5-20(19)30-13-10-23(26)28/h1-2,4-5,17-18,21H,3,6-16H2,(H,25,27)/t17-,18+,21?,24-/m1/s1. The average molecular weight is 429 g/mol. The van der Waals surface area contributed by atoms with Crippen molar-refractivity contribution in [2.45, 2.75) is 68.5 Å². The molecule has 4 aliphatic heterocycles. The van der Waals surface area contributed by atoms with Gasteiger partial charge in [0.15, 0.2) is 0 Å². The predicted molar refractivity (Wildman–Crippen MR) is 114 cm³/mol. The fourth-order valence-corrected chi connectivity index (χ4v) is 5.83. The minimum absolute atomic E-state index is 0.0483. The van der Waals surface area contributed by atoms with Crippen molar-refractivity contribution in [3.63, 3.8) is 0 Å². The quantitative estimate of drug-likeness (QED) is 0.687. The largest absolute Gasteiger partial charge is 0.493 e. The Morgan fingerprint density at radius 3 is 2.77 bits per heavy atom. The lowest BCUT2D eigenvalue weighted by atomic mass is 9.80. The van der Waals surface area contributed by atoms with E-state index in [-0.39, 0.29) is 30.6 Å². The van der Waals surface area contributed by atoms with Gasteiger partial charge in [-0.15, -0.1) is 0 Å². The van der Waals surface area contributed by atoms with Crippen molar-refractivity contribution >= 4 is 11.8 Å². The molecule has 2 saturated heterocycles. The highest BCUT2D eigenvalue weighted by atomic mass is 16.5. The Hall–Kier alpha value is -2.12. The van der Waals surface area contributed by atoms with E-state index < -0.39 is 5.54 Å². The molecule has 3 fully saturated rings. The van der Waals surface area contributed by atoms with Crippen LogP contribution in [0.5, 0.6) is 5.75 Å². The van der Waals surface area contributed by atoms with Gasteiger partial charge in [-0.25, -0.2) is 0 Å². The van der Waals surface area contributed by atoms with Crippen LogP contribution >= 0.6 is 0 Å². The van der Waals surface area contributed by atoms with Gasteiger partial charge in [-0.2, -0.15) is 0 Å². The number of para-hydroxylation sites is 1. The van der Waals surface area contributed by atoms with Crippen LogP contribution in [0, 0.1) is 0 Å². The number of fused-ring (bicyclic) bond motifs is 6. The van der Waals surface area contributed by atoms with E-state index >= 15 is 0 Å². The summed E-state index contributed by atoms with van der Waals surface area (Å²) in [5.41, 5.74) is 0.688. The van der Waals surface area contributed by atoms with Crippen LogP contribution in [0.1, 0.15) is 56.4 Å². The van der Waals surface area contributed by atoms with Gasteiger partial charge in [0.2, 0.25) is 11.8 Å². The number of morpholine rings is 1. The summed E-state index contributed by atoms with van der Waals surface area (Å²) in [6.07, 6.45) is 6.26. The Labute approximate surface area is 183 Å². The first kappa shape index (κ1) is 20.8. The number of ether oxygens (including phenoxy) is 3. The minimum atomic E-state index is -0.565. The summed E-state index contributed by atoms with van der Waals surface area (Å²) in [4.78, 5) is 27.3. The van der Waals surface area contributed by atoms with Gasteiger partial charge in [0.05, 0.1) is 43.9 Å². The topological polar surface area (TPSA) is 77.1 Å². The first-order chi connectivity index (χ1) is 15.1. The monoisotopic (exact) mass is 428 g/mol. The number of carbonyl (C=O) groups excluding carboxylic acids is 2. The number of carbonyl (C=O) groups is 2. The number of benzene rings is 1. The zero-order valence-corrected chi connectivity index (χ0v) is 18.0. The SMILES string of the molecule is O=C1COC[C@@]2(CCCN3C(=O)CCOc4ccccc4[C@H]4CC[C@H](CC4)OCC32)N1. The Morgan fingerprint density at radius 2 is 1.94 bits per heavy atom. The molecule has 7 heteroatoms. The second-order valence-electron chi connectivity index (χ2n) is 9.35. The molecule has 0 aromatic heterocycles. The fourth-order valence-electron chi connectivity index (χ4n) is 5.83. The Bertz CT molecular complexity index is 818. The highest BCUT2D eigenvalue weighted by molar-refractivity contribution is 5.80. The Balaban J connectivity index is 1.41. The van der Waals surface area contributed by atoms with Crippen LogP contribution in [0.3, 0.4) is 0 Å². The van der Waals surface area contributed by atoms with Crippen molar-refractivity contribution in [3.05, 3.63) is 29.8 Å². The van der Waals surface area contributed by atoms with Gasteiger partial charge in [0, 0.05) is 6.54 Å². The van der Waals surface area contributed by atoms with Gasteiger partial charge in [0.1, 0.15) is 12.4 Å². The van der Waals surface area contributed by atoms with E-state index in [1.54, 1.807) is 0 Å². The molecule has 31 heavy (non-hydrogen) atoms. The zero-order valence-electron chi connectivity index (χ0n) is 18.0. The van der Waals surface area contributed by atoms with E-state index in [2.05, 4.69) is 17.4 Å². The third-order valence-electron chi connectivity index (χ3n) is 7.43. The van der Waals surface area contributed by atoms with Crippen molar-refractivity contribution in [1.29, 1.82) is 0 Å². The van der Waals surface area contributed by atoms with Crippen LogP contribution in [0.25, 0.3) is 0 Å². The maximum atomic E-state index is 13.2. The lowest BCUT2D eigenvalue weighted by molar-refractivity contribution is -0.155. The van der Waals surface area contributed by atoms with Crippen LogP contribution < -0.4 is 10.1 Å². The number of nitrogens with one attached hydrogen (secondary N) is 1. The summed E-state index contributed by atoms with van der Waals surface area (Å²) in [6.45, 7) is 1.97. The van der Waals surface area contributed by atoms with Gasteiger partial charge < -0.3 is 24.4 Å². The van der Waals surface area contributed by atoms with Crippen LogP contribution in [0.15, 0.2) is 24.3 Å². The second kappa shape index (κ2) is 8.79. The first-order valence-electron chi connectivity index (χ1n) is 11.7. The number of hydrogen-bond acceptors (Lipinski definition) is 5. The molecule has 1 N–H and O–H groups in total. The predicted octanol–water partition coefficient (Wildman–Crippen LogP) is 2.39. The van der Waals surface area contributed by atoms with Crippen LogP contribution in [0.4, 0.5) is 0 Å². The smallest absolute Gasteiger partial charge is 0.246 e. The van der Waals surface area contributed by atoms with Crippen molar-refractivity contribution in [2.75, 3.05) is 33.0 Å². The van der Waals surface area contributed by atoms with Crippen molar-refractivity contribution in [3.8, 4) is 5.75 Å². The van der Waals surface area contributed by atoms with E-state index in [9.17, 15) is 9.59 Å². The van der Waals surface area contributed by atoms with Gasteiger partial charge in [-0.1, -0.05) is 18.2 Å². The van der Waals surface area contributed by atoms with Gasteiger partial charge in [-0.05, 0) is 56.1 Å². The summed E-state index contributed by atoms with van der Waals surface area (Å²) in [6, 6.07) is 8.02. The molecule has 1 spiro atoms. The number of piperidine rings is 1. The summed E-state index contributed by atoms with van der Waals surface area (Å²) in [7, 11) is 0. The summed E-state index contributed by atoms with van der Waals surface area (Å²) in [5.74, 6) is 1.31. The van der Waals surface area contributed by atoms with E-state index in [1.807, 2.05) is 17.0 Å². The molecule has 1 saturated carbocycles. The average Bonchev–Trinajstić information content (AvgIpc) is 2.78. The molecule has 4 heterocycles. The van der Waals surface area contributed by atoms with E-state index in [0.29, 0.717) is 38.7 Å². The number of hydrogen-bond donors (Lipinski definition) is 1. The highest BCUT2D eigenvalue weighted by Gasteiger charge is 2.49. The molecular formula is C24H32N2O5. The summed E-state index contributed by atoms with van der Waals surface area (Å²) in [5, 5.41) is 3.17. The van der Waals surface area contributed by atoms with Crippen LogP contribution in [0.2, 0.25) is 0 Å². The van der Waals surface area contributed by atoms with Gasteiger partial charge in [-0.3, -0.25) is 9.59 Å². The zero-order chi connectivity index (χ0) is 21.3. The summed E-state index contributed by atoms with van der Waals surface area (Å²) >= 11 is 0. The van der Waals surface area contributed by atoms with E-state index in [0.717, 1.165) is 44.3 Å². The normalized spacial score (nSPS) is 34.3. The van der Waals surface area contributed by atoms with Gasteiger partial charge in [0.25, 0.3) is 0 Å². The van der Waals surface area contributed by atoms with Crippen molar-refractivity contribution in [1.82, 2.24) is 10.2 Å². The Morgan fingerprint density at radius 1 is 1.10 bits per heavy atom. The molecule has 7 nitrogen and oxygen atoms in total. The maximum absolute atomic E-state index is 13.2. The molecule has 6 rings (SSSR count). The number of amides is 2. The van der Waals surface area contributed by atoms with Crippen molar-refractivity contribution < 1.29 is 23.8 Å². The van der Waals surface area contributed by atoms with E-state index in [1.165, 1.54) is 5.56 Å². The Kier molecular flexibility index (Phi) is 5.89. The lowest BCUT2D eigenvalue weighted by Gasteiger charge is -2.51. The molecule has 2 bridgehead atoms. The van der Waals surface area contributed by atoms with Crippen LogP contribution in [-0.2, 0) is 19.1 Å². The number of nitrogens with zero attached hydrogens (tertiary/aromatic N) is 1. The number of rotatable bonds is 0. The maximum Gasteiger partial charge on any atom is 0.246 e. The molecule has 2 amide bonds. The third-order valence-corrected chi connectivity index (χ3v) is 7.43. The highest BCUT2D eigenvalue weighted by Crippen LogP contribution is 2.39. The second-order valence-corrected chi connectivity index (χ2v) is 9.35. The molecule has 2 atom stereocenters. The fraction of sp³-hybridized carbons (Fsp3) is 0.667. The van der Waals surface area contributed by atoms with Crippen molar-refractivity contribution in [2.24, 2.45) is 0 Å². The molecule has 168 valence electrons. The lowest BCUT2D eigenvalue weighted by Crippen LogP contribution is -2.72. The van der Waals surface area contributed by atoms with Crippen LogP contribution in [-0.4, -0.2) is 67.4 Å². The van der Waals surface area contributed by atoms with E-state index in [4.69, 9.17) is 14.2 Å². The third kappa shape index (κ3) is 4.17. The molecule has 0 radical (unpaired) electrons. The molecule has 1 aromatic rings. The molecule has 1 unspecified atom stereocenters. The molecule has 1 aliphatic carbocycles. The van der Waals surface area contributed by atoms with Gasteiger partial charge >= 0.3 is 0 Å². The summed E-state index contributed by atoms with van der Waals surface area (Å²) < 4.78 is 18.2. The molecule has 5 aliphatic rings.